The number of nitrogens with one attached hydrogen (secondary N) is 1. The molecule has 144 valence electrons. The number of nitrogens with zero attached hydrogens (tertiary/aromatic N) is 1. The van der Waals surface area contributed by atoms with Crippen molar-refractivity contribution in [3.63, 3.8) is 0 Å². The van der Waals surface area contributed by atoms with Gasteiger partial charge in [-0.1, -0.05) is 30.7 Å². The molecule has 0 spiro atoms. The van der Waals surface area contributed by atoms with Crippen LogP contribution in [-0.4, -0.2) is 50.6 Å². The Morgan fingerprint density at radius 2 is 1.96 bits per heavy atom. The van der Waals surface area contributed by atoms with Crippen molar-refractivity contribution in [2.75, 3.05) is 25.9 Å². The summed E-state index contributed by atoms with van der Waals surface area (Å²) in [5.41, 5.74) is 1.14. The molecule has 25 heavy (non-hydrogen) atoms. The van der Waals surface area contributed by atoms with Crippen LogP contribution in [0.1, 0.15) is 32.3 Å². The van der Waals surface area contributed by atoms with Gasteiger partial charge < -0.3 is 5.32 Å². The Bertz CT molecular complexity index is 634. The first-order valence-corrected chi connectivity index (χ1v) is 11.1. The summed E-state index contributed by atoms with van der Waals surface area (Å²) in [7, 11) is -3.15. The van der Waals surface area contributed by atoms with E-state index < -0.39 is 15.2 Å². The molecular formula is C18H30Cl2N2O2S. The van der Waals surface area contributed by atoms with Crippen LogP contribution in [0.15, 0.2) is 24.3 Å². The Kier molecular flexibility index (Phi) is 9.19. The average molecular weight is 409 g/mol. The van der Waals surface area contributed by atoms with E-state index in [4.69, 9.17) is 11.6 Å². The Labute approximate surface area is 163 Å². The molecule has 1 aromatic rings. The van der Waals surface area contributed by atoms with Crippen molar-refractivity contribution in [1.82, 2.24) is 10.2 Å². The Hall–Kier alpha value is -0.330. The fourth-order valence-corrected chi connectivity index (χ4v) is 5.89. The zero-order valence-corrected chi connectivity index (χ0v) is 17.6. The summed E-state index contributed by atoms with van der Waals surface area (Å²) in [6.07, 6.45) is 4.01. The lowest BCUT2D eigenvalue weighted by atomic mass is 9.95. The highest BCUT2D eigenvalue weighted by Gasteiger charge is 2.37. The highest BCUT2D eigenvalue weighted by Crippen LogP contribution is 2.27. The topological polar surface area (TPSA) is 49.4 Å². The predicted octanol–water partition coefficient (Wildman–Crippen LogP) is 3.39. The van der Waals surface area contributed by atoms with Crippen LogP contribution in [0.3, 0.4) is 0 Å². The molecule has 0 radical (unpaired) electrons. The van der Waals surface area contributed by atoms with Gasteiger partial charge in [0.25, 0.3) is 0 Å². The highest BCUT2D eigenvalue weighted by atomic mass is 35.5. The van der Waals surface area contributed by atoms with Crippen LogP contribution < -0.4 is 5.32 Å². The lowest BCUT2D eigenvalue weighted by Gasteiger charge is -2.40. The molecule has 1 fully saturated rings. The van der Waals surface area contributed by atoms with Crippen molar-refractivity contribution in [3.05, 3.63) is 34.9 Å². The molecule has 0 saturated carbocycles. The summed E-state index contributed by atoms with van der Waals surface area (Å²) in [5.74, 6) is 0.197. The van der Waals surface area contributed by atoms with E-state index in [1.54, 1.807) is 0 Å². The third-order valence-corrected chi connectivity index (χ3v) is 6.67. The van der Waals surface area contributed by atoms with Crippen molar-refractivity contribution in [2.45, 2.75) is 44.5 Å². The molecule has 2 unspecified atom stereocenters. The van der Waals surface area contributed by atoms with Crippen molar-refractivity contribution in [1.29, 1.82) is 0 Å². The second-order valence-electron chi connectivity index (χ2n) is 6.82. The van der Waals surface area contributed by atoms with Gasteiger partial charge in [-0.2, -0.15) is 0 Å². The minimum atomic E-state index is -3.15. The van der Waals surface area contributed by atoms with Gasteiger partial charge in [-0.05, 0) is 69.4 Å². The maximum atomic E-state index is 12.6. The summed E-state index contributed by atoms with van der Waals surface area (Å²) in [6, 6.07) is 7.97. The van der Waals surface area contributed by atoms with Crippen molar-refractivity contribution >= 4 is 33.8 Å². The van der Waals surface area contributed by atoms with Gasteiger partial charge in [0, 0.05) is 17.3 Å². The van der Waals surface area contributed by atoms with Crippen molar-refractivity contribution in [2.24, 2.45) is 5.92 Å². The highest BCUT2D eigenvalue weighted by molar-refractivity contribution is 7.91. The van der Waals surface area contributed by atoms with Gasteiger partial charge in [-0.15, -0.1) is 12.4 Å². The third-order valence-electron chi connectivity index (χ3n) is 4.90. The van der Waals surface area contributed by atoms with Gasteiger partial charge in [0.05, 0.1) is 0 Å². The number of rotatable bonds is 7. The molecule has 1 saturated heterocycles. The zero-order valence-electron chi connectivity index (χ0n) is 15.2. The summed E-state index contributed by atoms with van der Waals surface area (Å²) in [5, 5.41) is 3.64. The maximum Gasteiger partial charge on any atom is 0.163 e. The molecule has 0 aliphatic carbocycles. The fourth-order valence-electron chi connectivity index (χ4n) is 3.86. The summed E-state index contributed by atoms with van der Waals surface area (Å²) >= 11 is 6.08. The Morgan fingerprint density at radius 1 is 1.32 bits per heavy atom. The lowest BCUT2D eigenvalue weighted by molar-refractivity contribution is 0.138. The minimum absolute atomic E-state index is 0. The summed E-state index contributed by atoms with van der Waals surface area (Å²) in [6.45, 7) is 6.69. The van der Waals surface area contributed by atoms with Gasteiger partial charge >= 0.3 is 0 Å². The van der Waals surface area contributed by atoms with Gasteiger partial charge in [-0.25, -0.2) is 8.42 Å². The molecule has 1 aromatic carbocycles. The number of hydrogen-bond acceptors (Lipinski definition) is 4. The van der Waals surface area contributed by atoms with Gasteiger partial charge in [0.15, 0.2) is 9.84 Å². The van der Waals surface area contributed by atoms with Gasteiger partial charge in [0.1, 0.15) is 5.37 Å². The zero-order chi connectivity index (χ0) is 17.7. The quantitative estimate of drug-likeness (QED) is 0.750. The number of halogens is 2. The van der Waals surface area contributed by atoms with E-state index in [1.165, 1.54) is 6.26 Å². The van der Waals surface area contributed by atoms with Crippen LogP contribution in [0.2, 0.25) is 5.02 Å². The standard InChI is InChI=1S/C18H29ClN2O2S.ClH/c1-4-21(14(2)12-15-6-5-7-17(19)13-15)18(24(3,22)23)16-8-10-20-11-9-16;/h5-7,13-14,16,18,20H,4,8-12H2,1-3H3;1H. The number of likely N-dealkylation sites (N-methyl/N-ethyl adjacent to an activating group) is 1. The van der Waals surface area contributed by atoms with E-state index in [9.17, 15) is 8.42 Å². The van der Waals surface area contributed by atoms with E-state index in [2.05, 4.69) is 23.2 Å². The minimum Gasteiger partial charge on any atom is -0.317 e. The molecule has 0 amide bonds. The largest absolute Gasteiger partial charge is 0.317 e. The predicted molar refractivity (Wildman–Crippen MR) is 108 cm³/mol. The number of benzene rings is 1. The maximum absolute atomic E-state index is 12.6. The van der Waals surface area contributed by atoms with Gasteiger partial charge in [0.2, 0.25) is 0 Å². The Morgan fingerprint density at radius 3 is 2.48 bits per heavy atom. The van der Waals surface area contributed by atoms with Crippen molar-refractivity contribution in [3.8, 4) is 0 Å². The van der Waals surface area contributed by atoms with Crippen molar-refractivity contribution < 1.29 is 8.42 Å². The summed E-state index contributed by atoms with van der Waals surface area (Å²) < 4.78 is 25.1. The van der Waals surface area contributed by atoms with E-state index >= 15 is 0 Å². The van der Waals surface area contributed by atoms with Crippen LogP contribution in [0.25, 0.3) is 0 Å². The van der Waals surface area contributed by atoms with E-state index in [1.807, 2.05) is 25.1 Å². The summed E-state index contributed by atoms with van der Waals surface area (Å²) in [4.78, 5) is 2.16. The molecule has 7 heteroatoms. The lowest BCUT2D eigenvalue weighted by Crippen LogP contribution is -2.52. The second-order valence-corrected chi connectivity index (χ2v) is 9.40. The molecular weight excluding hydrogens is 379 g/mol. The first-order chi connectivity index (χ1) is 11.3. The normalized spacial score (nSPS) is 18.6. The Balaban J connectivity index is 0.00000312. The molecule has 1 aliphatic rings. The third kappa shape index (κ3) is 6.40. The number of sulfone groups is 1. The smallest absolute Gasteiger partial charge is 0.163 e. The molecule has 2 rings (SSSR count). The second kappa shape index (κ2) is 10.1. The van der Waals surface area contributed by atoms with E-state index in [0.29, 0.717) is 0 Å². The van der Waals surface area contributed by atoms with Crippen LogP contribution in [0.5, 0.6) is 0 Å². The molecule has 4 nitrogen and oxygen atoms in total. The first-order valence-electron chi connectivity index (χ1n) is 8.72. The van der Waals surface area contributed by atoms with Crippen LogP contribution >= 0.6 is 24.0 Å². The monoisotopic (exact) mass is 408 g/mol. The van der Waals surface area contributed by atoms with Crippen LogP contribution in [0.4, 0.5) is 0 Å². The SMILES string of the molecule is CCN(C(C)Cc1cccc(Cl)c1)C(C1CCNCC1)S(C)(=O)=O.Cl. The molecule has 0 bridgehead atoms. The molecule has 2 atom stereocenters. The molecule has 0 aromatic heterocycles. The van der Waals surface area contributed by atoms with Crippen LogP contribution in [-0.2, 0) is 16.3 Å². The van der Waals surface area contributed by atoms with E-state index in [0.717, 1.165) is 49.5 Å². The number of hydrogen-bond donors (Lipinski definition) is 1. The van der Waals surface area contributed by atoms with Gasteiger partial charge in [-0.3, -0.25) is 4.90 Å². The molecule has 1 heterocycles. The molecule has 1 aliphatic heterocycles. The number of piperidine rings is 1. The van der Waals surface area contributed by atoms with Crippen LogP contribution in [0, 0.1) is 5.92 Å². The first kappa shape index (κ1) is 22.7. The average Bonchev–Trinajstić information content (AvgIpc) is 2.52. The van der Waals surface area contributed by atoms with E-state index in [-0.39, 0.29) is 24.4 Å². The fraction of sp³-hybridized carbons (Fsp3) is 0.667. The molecule has 1 N–H and O–H groups in total.